The van der Waals surface area contributed by atoms with E-state index in [-0.39, 0.29) is 5.97 Å². The van der Waals surface area contributed by atoms with Crippen LogP contribution in [0.15, 0.2) is 11.6 Å². The number of unbranched alkanes of at least 4 members (excludes halogenated alkanes) is 1. The van der Waals surface area contributed by atoms with Gasteiger partial charge in [-0.1, -0.05) is 26.3 Å². The molecular weight excluding hydrogens is 152 g/mol. The first-order valence-corrected chi connectivity index (χ1v) is 4.62. The molecule has 0 heterocycles. The molecule has 2 nitrogen and oxygen atoms in total. The van der Waals surface area contributed by atoms with E-state index < -0.39 is 0 Å². The highest BCUT2D eigenvalue weighted by Gasteiger charge is 2.06. The number of esters is 1. The van der Waals surface area contributed by atoms with Crippen LogP contribution in [0, 0.1) is 0 Å². The smallest absolute Gasteiger partial charge is 0.333 e. The summed E-state index contributed by atoms with van der Waals surface area (Å²) in [7, 11) is 0. The van der Waals surface area contributed by atoms with Crippen molar-refractivity contribution in [2.45, 2.75) is 40.0 Å². The Kier molecular flexibility index (Phi) is 6.44. The molecule has 0 saturated heterocycles. The maximum absolute atomic E-state index is 11.2. The first kappa shape index (κ1) is 11.2. The standard InChI is InChI=1S/C10H18O2/c1-4-7-8-9(5-2)10(11)12-6-3/h8H,4-7H2,1-3H3/b9-8+. The summed E-state index contributed by atoms with van der Waals surface area (Å²) in [6, 6.07) is 0. The van der Waals surface area contributed by atoms with Gasteiger partial charge in [0.05, 0.1) is 6.61 Å². The van der Waals surface area contributed by atoms with E-state index in [1.807, 2.05) is 19.9 Å². The summed E-state index contributed by atoms with van der Waals surface area (Å²) in [4.78, 5) is 11.2. The zero-order valence-electron chi connectivity index (χ0n) is 8.22. The van der Waals surface area contributed by atoms with E-state index in [2.05, 4.69) is 6.92 Å². The van der Waals surface area contributed by atoms with Gasteiger partial charge in [-0.3, -0.25) is 0 Å². The number of ether oxygens (including phenoxy) is 1. The molecule has 0 spiro atoms. The number of rotatable bonds is 5. The van der Waals surface area contributed by atoms with Crippen LogP contribution in [0.5, 0.6) is 0 Å². The Morgan fingerprint density at radius 1 is 1.33 bits per heavy atom. The van der Waals surface area contributed by atoms with E-state index in [4.69, 9.17) is 4.74 Å². The molecule has 0 aromatic heterocycles. The van der Waals surface area contributed by atoms with E-state index in [0.717, 1.165) is 24.8 Å². The molecule has 70 valence electrons. The van der Waals surface area contributed by atoms with Gasteiger partial charge < -0.3 is 4.74 Å². The lowest BCUT2D eigenvalue weighted by molar-refractivity contribution is -0.138. The second-order valence-electron chi connectivity index (χ2n) is 2.59. The fraction of sp³-hybridized carbons (Fsp3) is 0.700. The minimum absolute atomic E-state index is 0.159. The molecule has 0 unspecified atom stereocenters. The normalized spacial score (nSPS) is 11.4. The zero-order chi connectivity index (χ0) is 9.40. The molecule has 0 N–H and O–H groups in total. The van der Waals surface area contributed by atoms with E-state index in [1.54, 1.807) is 0 Å². The summed E-state index contributed by atoms with van der Waals surface area (Å²) in [6.45, 7) is 6.35. The van der Waals surface area contributed by atoms with Crippen molar-refractivity contribution in [2.24, 2.45) is 0 Å². The second-order valence-corrected chi connectivity index (χ2v) is 2.59. The van der Waals surface area contributed by atoms with Gasteiger partial charge in [0.1, 0.15) is 0 Å². The van der Waals surface area contributed by atoms with Crippen molar-refractivity contribution in [3.8, 4) is 0 Å². The highest BCUT2D eigenvalue weighted by atomic mass is 16.5. The molecule has 0 aliphatic carbocycles. The van der Waals surface area contributed by atoms with Gasteiger partial charge in [0.25, 0.3) is 0 Å². The van der Waals surface area contributed by atoms with Gasteiger partial charge in [0, 0.05) is 5.57 Å². The minimum atomic E-state index is -0.159. The van der Waals surface area contributed by atoms with Gasteiger partial charge in [-0.25, -0.2) is 4.79 Å². The maximum Gasteiger partial charge on any atom is 0.333 e. The number of hydrogen-bond acceptors (Lipinski definition) is 2. The zero-order valence-corrected chi connectivity index (χ0v) is 8.22. The second kappa shape index (κ2) is 6.89. The molecule has 0 fully saturated rings. The lowest BCUT2D eigenvalue weighted by atomic mass is 10.1. The van der Waals surface area contributed by atoms with Crippen LogP contribution in [-0.2, 0) is 9.53 Å². The Hall–Kier alpha value is -0.790. The van der Waals surface area contributed by atoms with Crippen LogP contribution in [-0.4, -0.2) is 12.6 Å². The van der Waals surface area contributed by atoms with Gasteiger partial charge >= 0.3 is 5.97 Å². The van der Waals surface area contributed by atoms with Crippen LogP contribution in [0.25, 0.3) is 0 Å². The van der Waals surface area contributed by atoms with Crippen LogP contribution in [0.4, 0.5) is 0 Å². The van der Waals surface area contributed by atoms with Crippen molar-refractivity contribution >= 4 is 5.97 Å². The maximum atomic E-state index is 11.2. The Balaban J connectivity index is 4.04. The summed E-state index contributed by atoms with van der Waals surface area (Å²) in [5.41, 5.74) is 0.804. The lowest BCUT2D eigenvalue weighted by Gasteiger charge is -2.03. The number of carbonyl (C=O) groups excluding carboxylic acids is 1. The van der Waals surface area contributed by atoms with Crippen molar-refractivity contribution in [3.63, 3.8) is 0 Å². The third-order valence-electron chi connectivity index (χ3n) is 1.60. The van der Waals surface area contributed by atoms with Crippen molar-refractivity contribution in [1.82, 2.24) is 0 Å². The van der Waals surface area contributed by atoms with Gasteiger partial charge in [0.15, 0.2) is 0 Å². The average Bonchev–Trinajstić information content (AvgIpc) is 2.06. The predicted molar refractivity (Wildman–Crippen MR) is 49.9 cm³/mol. The summed E-state index contributed by atoms with van der Waals surface area (Å²) in [5.74, 6) is -0.159. The van der Waals surface area contributed by atoms with Crippen LogP contribution in [0.1, 0.15) is 40.0 Å². The first-order valence-electron chi connectivity index (χ1n) is 4.62. The van der Waals surface area contributed by atoms with E-state index >= 15 is 0 Å². The molecule has 2 heteroatoms. The molecule has 0 aliphatic rings. The summed E-state index contributed by atoms with van der Waals surface area (Å²) >= 11 is 0. The SMILES string of the molecule is CCC/C=C(\CC)C(=O)OCC. The molecule has 0 rings (SSSR count). The molecular formula is C10H18O2. The minimum Gasteiger partial charge on any atom is -0.463 e. The summed E-state index contributed by atoms with van der Waals surface area (Å²) in [5, 5.41) is 0. The van der Waals surface area contributed by atoms with Gasteiger partial charge in [-0.15, -0.1) is 0 Å². The van der Waals surface area contributed by atoms with Crippen molar-refractivity contribution < 1.29 is 9.53 Å². The molecule has 0 radical (unpaired) electrons. The summed E-state index contributed by atoms with van der Waals surface area (Å²) in [6.07, 6.45) is 4.77. The van der Waals surface area contributed by atoms with Crippen molar-refractivity contribution in [3.05, 3.63) is 11.6 Å². The predicted octanol–water partition coefficient (Wildman–Crippen LogP) is 2.69. The quantitative estimate of drug-likeness (QED) is 0.468. The molecule has 0 amide bonds. The average molecular weight is 170 g/mol. The van der Waals surface area contributed by atoms with E-state index in [0.29, 0.717) is 6.61 Å². The molecule has 0 aromatic carbocycles. The number of hydrogen-bond donors (Lipinski definition) is 0. The number of carbonyl (C=O) groups is 1. The molecule has 12 heavy (non-hydrogen) atoms. The first-order chi connectivity index (χ1) is 5.76. The molecule has 0 aromatic rings. The Labute approximate surface area is 74.6 Å². The third kappa shape index (κ3) is 4.16. The van der Waals surface area contributed by atoms with Crippen LogP contribution >= 0.6 is 0 Å². The Bertz CT molecular complexity index is 159. The Morgan fingerprint density at radius 3 is 2.42 bits per heavy atom. The topological polar surface area (TPSA) is 26.3 Å². The highest BCUT2D eigenvalue weighted by Crippen LogP contribution is 2.05. The lowest BCUT2D eigenvalue weighted by Crippen LogP contribution is -2.06. The van der Waals surface area contributed by atoms with E-state index in [1.165, 1.54) is 0 Å². The van der Waals surface area contributed by atoms with Crippen LogP contribution in [0.3, 0.4) is 0 Å². The monoisotopic (exact) mass is 170 g/mol. The third-order valence-corrected chi connectivity index (χ3v) is 1.60. The van der Waals surface area contributed by atoms with E-state index in [9.17, 15) is 4.79 Å². The van der Waals surface area contributed by atoms with Gasteiger partial charge in [-0.05, 0) is 19.8 Å². The molecule has 0 aliphatic heterocycles. The molecule has 0 atom stereocenters. The van der Waals surface area contributed by atoms with Gasteiger partial charge in [0.2, 0.25) is 0 Å². The largest absolute Gasteiger partial charge is 0.463 e. The van der Waals surface area contributed by atoms with Crippen molar-refractivity contribution in [1.29, 1.82) is 0 Å². The summed E-state index contributed by atoms with van der Waals surface area (Å²) < 4.78 is 4.88. The Morgan fingerprint density at radius 2 is 2.00 bits per heavy atom. The fourth-order valence-corrected chi connectivity index (χ4v) is 0.914. The van der Waals surface area contributed by atoms with Crippen LogP contribution < -0.4 is 0 Å². The highest BCUT2D eigenvalue weighted by molar-refractivity contribution is 5.88. The van der Waals surface area contributed by atoms with Gasteiger partial charge in [-0.2, -0.15) is 0 Å². The number of allylic oxidation sites excluding steroid dienone is 1. The van der Waals surface area contributed by atoms with Crippen LogP contribution in [0.2, 0.25) is 0 Å². The van der Waals surface area contributed by atoms with Crippen molar-refractivity contribution in [2.75, 3.05) is 6.61 Å². The molecule has 0 bridgehead atoms. The molecule has 0 saturated carbocycles. The fourth-order valence-electron chi connectivity index (χ4n) is 0.914.